The molecule has 0 radical (unpaired) electrons. The maximum Gasteiger partial charge on any atom is 0.257 e. The van der Waals surface area contributed by atoms with Gasteiger partial charge < -0.3 is 10.3 Å². The van der Waals surface area contributed by atoms with Crippen LogP contribution in [0.1, 0.15) is 43.2 Å². The van der Waals surface area contributed by atoms with Gasteiger partial charge in [0.1, 0.15) is 11.6 Å². The van der Waals surface area contributed by atoms with Crippen LogP contribution in [0.2, 0.25) is 5.02 Å². The number of benzene rings is 1. The molecule has 2 atom stereocenters. The number of Topliss-reactive ketones (excluding diaryl/α,β-unsaturated/α-hetero) is 1. The number of rotatable bonds is 4. The number of anilines is 1. The summed E-state index contributed by atoms with van der Waals surface area (Å²) >= 11 is 7.57. The Morgan fingerprint density at radius 1 is 1.22 bits per heavy atom. The van der Waals surface area contributed by atoms with Gasteiger partial charge in [0.15, 0.2) is 5.16 Å². The first kappa shape index (κ1) is 18.3. The molecule has 27 heavy (non-hydrogen) atoms. The van der Waals surface area contributed by atoms with Crippen LogP contribution in [0.25, 0.3) is 0 Å². The van der Waals surface area contributed by atoms with Crippen LogP contribution in [0.3, 0.4) is 0 Å². The van der Waals surface area contributed by atoms with E-state index in [1.165, 1.54) is 11.8 Å². The lowest BCUT2D eigenvalue weighted by Gasteiger charge is -2.36. The number of H-pyrrole nitrogens is 1. The summed E-state index contributed by atoms with van der Waals surface area (Å²) < 4.78 is 0. The molecule has 5 nitrogen and oxygen atoms in total. The summed E-state index contributed by atoms with van der Waals surface area (Å²) in [4.78, 5) is 33.3. The quantitative estimate of drug-likeness (QED) is 0.588. The van der Waals surface area contributed by atoms with Gasteiger partial charge in [-0.15, -0.1) is 0 Å². The van der Waals surface area contributed by atoms with E-state index in [0.717, 1.165) is 23.4 Å². The summed E-state index contributed by atoms with van der Waals surface area (Å²) in [6.45, 7) is 2.08. The Morgan fingerprint density at radius 3 is 2.74 bits per heavy atom. The maximum atomic E-state index is 13.0. The first-order chi connectivity index (χ1) is 13.1. The van der Waals surface area contributed by atoms with Crippen LogP contribution in [0.4, 0.5) is 5.82 Å². The second kappa shape index (κ2) is 7.52. The minimum absolute atomic E-state index is 0.148. The fourth-order valence-electron chi connectivity index (χ4n) is 3.77. The van der Waals surface area contributed by atoms with E-state index >= 15 is 0 Å². The Kier molecular flexibility index (Phi) is 5.10. The third-order valence-electron chi connectivity index (χ3n) is 4.95. The van der Waals surface area contributed by atoms with Gasteiger partial charge in [0.25, 0.3) is 5.56 Å². The molecule has 2 N–H and O–H groups in total. The molecule has 0 spiro atoms. The summed E-state index contributed by atoms with van der Waals surface area (Å²) in [5.74, 6) is 0.832. The van der Waals surface area contributed by atoms with Crippen LogP contribution in [0, 0.1) is 5.92 Å². The molecule has 2 aromatic rings. The third-order valence-corrected chi connectivity index (χ3v) is 6.28. The number of nitrogens with zero attached hydrogens (tertiary/aromatic N) is 1. The molecule has 1 aromatic carbocycles. The topological polar surface area (TPSA) is 74.8 Å². The minimum atomic E-state index is -0.385. The van der Waals surface area contributed by atoms with Crippen molar-refractivity contribution in [2.24, 2.45) is 5.92 Å². The zero-order chi connectivity index (χ0) is 19.0. The highest BCUT2D eigenvalue weighted by Gasteiger charge is 2.42. The Labute approximate surface area is 166 Å². The van der Waals surface area contributed by atoms with Crippen molar-refractivity contribution >= 4 is 35.0 Å². The Morgan fingerprint density at radius 2 is 2.00 bits per heavy atom. The first-order valence-corrected chi connectivity index (χ1v) is 10.5. The summed E-state index contributed by atoms with van der Waals surface area (Å²) in [6.07, 6.45) is 4.25. The average molecular weight is 402 g/mol. The number of allylic oxidation sites excluding steroid dienone is 2. The Hall–Kier alpha value is -2.05. The van der Waals surface area contributed by atoms with Crippen molar-refractivity contribution in [2.75, 3.05) is 11.1 Å². The predicted molar refractivity (Wildman–Crippen MR) is 109 cm³/mol. The monoisotopic (exact) mass is 401 g/mol. The first-order valence-electron chi connectivity index (χ1n) is 9.10. The van der Waals surface area contributed by atoms with Crippen molar-refractivity contribution in [3.05, 3.63) is 62.5 Å². The van der Waals surface area contributed by atoms with Crippen LogP contribution in [-0.2, 0) is 4.79 Å². The number of ketones is 1. The molecule has 1 aliphatic heterocycles. The van der Waals surface area contributed by atoms with E-state index in [2.05, 4.69) is 28.3 Å². The van der Waals surface area contributed by atoms with E-state index in [0.29, 0.717) is 34.4 Å². The largest absolute Gasteiger partial charge is 0.343 e. The summed E-state index contributed by atoms with van der Waals surface area (Å²) in [5, 5.41) is 4.49. The zero-order valence-corrected chi connectivity index (χ0v) is 16.5. The van der Waals surface area contributed by atoms with Crippen LogP contribution in [-0.4, -0.2) is 21.5 Å². The molecule has 0 saturated carbocycles. The fourth-order valence-corrected chi connectivity index (χ4v) is 4.61. The van der Waals surface area contributed by atoms with Crippen molar-refractivity contribution in [2.45, 2.75) is 37.3 Å². The molecule has 7 heteroatoms. The van der Waals surface area contributed by atoms with Gasteiger partial charge >= 0.3 is 0 Å². The lowest BCUT2D eigenvalue weighted by atomic mass is 9.72. The molecule has 0 amide bonds. The van der Waals surface area contributed by atoms with E-state index in [1.54, 1.807) is 12.1 Å². The van der Waals surface area contributed by atoms with Crippen molar-refractivity contribution in [3.63, 3.8) is 0 Å². The van der Waals surface area contributed by atoms with Gasteiger partial charge in [0.2, 0.25) is 0 Å². The second-order valence-electron chi connectivity index (χ2n) is 6.78. The van der Waals surface area contributed by atoms with Crippen molar-refractivity contribution in [1.82, 2.24) is 9.97 Å². The van der Waals surface area contributed by atoms with Gasteiger partial charge in [0, 0.05) is 28.8 Å². The summed E-state index contributed by atoms with van der Waals surface area (Å²) in [6, 6.07) is 7.37. The van der Waals surface area contributed by atoms with E-state index in [9.17, 15) is 9.59 Å². The molecule has 1 aromatic heterocycles. The van der Waals surface area contributed by atoms with Gasteiger partial charge in [-0.2, -0.15) is 0 Å². The standard InChI is InChI=1S/C20H20ClN3O2S/c1-2-10-27-20-23-18-17(19(26)24-20)15(11-6-8-12(21)9-7-11)16-13(22-18)4-3-5-14(16)25/h4,6-9,15-16H,2-3,5,10H2,1H3,(H2,22,23,24,26)/t15-,16-/m1/s1. The zero-order valence-electron chi connectivity index (χ0n) is 14.9. The number of fused-ring (bicyclic) bond motifs is 2. The van der Waals surface area contributed by atoms with Crippen molar-refractivity contribution in [1.29, 1.82) is 0 Å². The summed E-state index contributed by atoms with van der Waals surface area (Å²) in [7, 11) is 0. The van der Waals surface area contributed by atoms with E-state index < -0.39 is 0 Å². The molecule has 140 valence electrons. The number of hydrogen-bond donors (Lipinski definition) is 2. The minimum Gasteiger partial charge on any atom is -0.343 e. The highest BCUT2D eigenvalue weighted by atomic mass is 35.5. The van der Waals surface area contributed by atoms with Crippen LogP contribution in [0.15, 0.2) is 46.0 Å². The number of nitrogens with one attached hydrogen (secondary N) is 2. The molecule has 0 unspecified atom stereocenters. The van der Waals surface area contributed by atoms with Gasteiger partial charge in [-0.3, -0.25) is 9.59 Å². The molecule has 0 saturated heterocycles. The Bertz CT molecular complexity index is 968. The molecule has 0 fully saturated rings. The van der Waals surface area contributed by atoms with E-state index in [1.807, 2.05) is 12.1 Å². The number of halogens is 1. The molecule has 2 heterocycles. The Balaban J connectivity index is 1.88. The van der Waals surface area contributed by atoms with E-state index in [-0.39, 0.29) is 23.2 Å². The number of hydrogen-bond acceptors (Lipinski definition) is 5. The predicted octanol–water partition coefficient (Wildman–Crippen LogP) is 4.35. The van der Waals surface area contributed by atoms with Gasteiger partial charge in [-0.25, -0.2) is 4.98 Å². The smallest absolute Gasteiger partial charge is 0.257 e. The SMILES string of the molecule is CCCSc1nc2c(c(=O)[nH]1)[C@H](c1ccc(Cl)cc1)[C@H]1C(=O)CCC=C1N2. The third kappa shape index (κ3) is 3.44. The van der Waals surface area contributed by atoms with Crippen molar-refractivity contribution < 1.29 is 4.79 Å². The maximum absolute atomic E-state index is 13.0. The molecular formula is C20H20ClN3O2S. The molecular weight excluding hydrogens is 382 g/mol. The van der Waals surface area contributed by atoms with Crippen LogP contribution in [0.5, 0.6) is 0 Å². The van der Waals surface area contributed by atoms with Crippen LogP contribution >= 0.6 is 23.4 Å². The molecule has 4 rings (SSSR count). The normalized spacial score (nSPS) is 21.1. The number of aromatic amines is 1. The lowest BCUT2D eigenvalue weighted by Crippen LogP contribution is -2.38. The highest BCUT2D eigenvalue weighted by Crippen LogP contribution is 2.44. The van der Waals surface area contributed by atoms with Crippen molar-refractivity contribution in [3.8, 4) is 0 Å². The van der Waals surface area contributed by atoms with Gasteiger partial charge in [0.05, 0.1) is 11.5 Å². The second-order valence-corrected chi connectivity index (χ2v) is 8.30. The van der Waals surface area contributed by atoms with E-state index in [4.69, 9.17) is 11.6 Å². The summed E-state index contributed by atoms with van der Waals surface area (Å²) in [5.41, 5.74) is 2.08. The number of aromatic nitrogens is 2. The molecule has 1 aliphatic carbocycles. The van der Waals surface area contributed by atoms with Gasteiger partial charge in [-0.05, 0) is 30.5 Å². The average Bonchev–Trinajstić information content (AvgIpc) is 2.65. The van der Waals surface area contributed by atoms with Gasteiger partial charge in [-0.1, -0.05) is 48.5 Å². The number of carbonyl (C=O) groups excluding carboxylic acids is 1. The number of thioether (sulfide) groups is 1. The van der Waals surface area contributed by atoms with Crippen LogP contribution < -0.4 is 10.9 Å². The highest BCUT2D eigenvalue weighted by molar-refractivity contribution is 7.99. The number of carbonyl (C=O) groups is 1. The lowest BCUT2D eigenvalue weighted by molar-refractivity contribution is -0.122. The fraction of sp³-hybridized carbons (Fsp3) is 0.350. The molecule has 0 bridgehead atoms. The molecule has 2 aliphatic rings.